The van der Waals surface area contributed by atoms with Crippen molar-refractivity contribution in [3.63, 3.8) is 0 Å². The van der Waals surface area contributed by atoms with E-state index in [0.29, 0.717) is 10.3 Å². The van der Waals surface area contributed by atoms with Crippen LogP contribution < -0.4 is 22.1 Å². The van der Waals surface area contributed by atoms with E-state index in [1.165, 1.54) is 22.7 Å². The van der Waals surface area contributed by atoms with Crippen LogP contribution in [0.3, 0.4) is 0 Å². The van der Waals surface area contributed by atoms with Crippen LogP contribution in [0.2, 0.25) is 0 Å². The Morgan fingerprint density at radius 1 is 0.658 bits per heavy atom. The number of amides is 2. The van der Waals surface area contributed by atoms with Gasteiger partial charge in [0, 0.05) is 25.9 Å². The molecule has 10 nitrogen and oxygen atoms in total. The summed E-state index contributed by atoms with van der Waals surface area (Å²) in [6.45, 7) is 0.415. The number of nitrogens with two attached hydrogens (primary N) is 2. The number of aryl methyl sites for hydroxylation is 2. The highest BCUT2D eigenvalue weighted by Gasteiger charge is 2.21. The molecule has 4 rings (SSSR count). The molecule has 2 amide bonds. The van der Waals surface area contributed by atoms with Crippen LogP contribution >= 0.6 is 22.7 Å². The molecule has 0 aliphatic rings. The SMILES string of the molecule is NCC(C(=O)Nc1nnc(CCCCc2nnc(NC(=O)C(CN)c3ccccc3)s2)s1)c1ccccc1. The predicted octanol–water partition coefficient (Wildman–Crippen LogP) is 3.32. The Labute approximate surface area is 228 Å². The van der Waals surface area contributed by atoms with E-state index in [-0.39, 0.29) is 24.9 Å². The van der Waals surface area contributed by atoms with Gasteiger partial charge in [-0.05, 0) is 24.0 Å². The number of rotatable bonds is 13. The van der Waals surface area contributed by atoms with Crippen molar-refractivity contribution >= 4 is 44.8 Å². The highest BCUT2D eigenvalue weighted by Crippen LogP contribution is 2.23. The third-order valence-electron chi connectivity index (χ3n) is 5.93. The number of hydrogen-bond donors (Lipinski definition) is 4. The maximum atomic E-state index is 12.7. The number of carbonyl (C=O) groups excluding carboxylic acids is 2. The van der Waals surface area contributed by atoms with E-state index in [4.69, 9.17) is 11.5 Å². The Morgan fingerprint density at radius 3 is 1.42 bits per heavy atom. The van der Waals surface area contributed by atoms with Gasteiger partial charge in [0.1, 0.15) is 10.0 Å². The van der Waals surface area contributed by atoms with Crippen molar-refractivity contribution in [2.24, 2.45) is 11.5 Å². The first kappa shape index (κ1) is 27.5. The van der Waals surface area contributed by atoms with Crippen LogP contribution in [0.15, 0.2) is 60.7 Å². The summed E-state index contributed by atoms with van der Waals surface area (Å²) in [7, 11) is 0. The van der Waals surface area contributed by atoms with Gasteiger partial charge >= 0.3 is 0 Å². The fourth-order valence-electron chi connectivity index (χ4n) is 3.91. The number of benzene rings is 2. The Bertz CT molecular complexity index is 1210. The molecular weight excluding hydrogens is 520 g/mol. The summed E-state index contributed by atoms with van der Waals surface area (Å²) in [5, 5.41) is 24.9. The Balaban J connectivity index is 1.20. The molecule has 0 aliphatic heterocycles. The Morgan fingerprint density at radius 2 is 1.05 bits per heavy atom. The van der Waals surface area contributed by atoms with Gasteiger partial charge in [0.15, 0.2) is 0 Å². The smallest absolute Gasteiger partial charge is 0.235 e. The summed E-state index contributed by atoms with van der Waals surface area (Å²) in [6.07, 6.45) is 3.24. The second-order valence-electron chi connectivity index (χ2n) is 8.59. The summed E-state index contributed by atoms with van der Waals surface area (Å²) < 4.78 is 0. The first-order chi connectivity index (χ1) is 18.6. The highest BCUT2D eigenvalue weighted by atomic mass is 32.1. The number of hydrogen-bond acceptors (Lipinski definition) is 10. The first-order valence-corrected chi connectivity index (χ1v) is 14.0. The van der Waals surface area contributed by atoms with Crippen LogP contribution in [-0.4, -0.2) is 45.3 Å². The third kappa shape index (κ3) is 7.48. The molecule has 12 heteroatoms. The molecule has 6 N–H and O–H groups in total. The minimum atomic E-state index is -0.440. The van der Waals surface area contributed by atoms with E-state index in [2.05, 4.69) is 31.0 Å². The van der Waals surface area contributed by atoms with Gasteiger partial charge in [0.2, 0.25) is 22.1 Å². The largest absolute Gasteiger partial charge is 0.329 e. The van der Waals surface area contributed by atoms with Crippen LogP contribution in [0.5, 0.6) is 0 Å². The minimum absolute atomic E-state index is 0.192. The topological polar surface area (TPSA) is 162 Å². The first-order valence-electron chi connectivity index (χ1n) is 12.3. The molecule has 0 saturated carbocycles. The fraction of sp³-hybridized carbons (Fsp3) is 0.308. The van der Waals surface area contributed by atoms with Gasteiger partial charge in [-0.2, -0.15) is 0 Å². The van der Waals surface area contributed by atoms with E-state index in [1.54, 1.807) is 0 Å². The summed E-state index contributed by atoms with van der Waals surface area (Å²) in [5.74, 6) is -1.27. The lowest BCUT2D eigenvalue weighted by molar-refractivity contribution is -0.118. The zero-order chi connectivity index (χ0) is 26.7. The molecule has 0 bridgehead atoms. The summed E-state index contributed by atoms with van der Waals surface area (Å²) >= 11 is 2.73. The lowest BCUT2D eigenvalue weighted by atomic mass is 9.99. The van der Waals surface area contributed by atoms with E-state index < -0.39 is 11.8 Å². The van der Waals surface area contributed by atoms with E-state index in [9.17, 15) is 9.59 Å². The molecule has 0 saturated heterocycles. The fourth-order valence-corrected chi connectivity index (χ4v) is 5.48. The van der Waals surface area contributed by atoms with Crippen molar-refractivity contribution in [2.45, 2.75) is 37.5 Å². The van der Waals surface area contributed by atoms with Crippen molar-refractivity contribution in [1.82, 2.24) is 20.4 Å². The predicted molar refractivity (Wildman–Crippen MR) is 150 cm³/mol. The molecular formula is C26H30N8O2S2. The van der Waals surface area contributed by atoms with Crippen molar-refractivity contribution in [3.8, 4) is 0 Å². The number of unbranched alkanes of at least 4 members (excludes halogenated alkanes) is 1. The van der Waals surface area contributed by atoms with Gasteiger partial charge in [0.05, 0.1) is 11.8 Å². The van der Waals surface area contributed by atoms with Crippen LogP contribution in [0.4, 0.5) is 10.3 Å². The van der Waals surface area contributed by atoms with Crippen molar-refractivity contribution < 1.29 is 9.59 Å². The lowest BCUT2D eigenvalue weighted by Gasteiger charge is -2.13. The maximum absolute atomic E-state index is 12.7. The monoisotopic (exact) mass is 550 g/mol. The molecule has 2 atom stereocenters. The lowest BCUT2D eigenvalue weighted by Crippen LogP contribution is -2.27. The van der Waals surface area contributed by atoms with E-state index in [0.717, 1.165) is 46.8 Å². The van der Waals surface area contributed by atoms with Crippen LogP contribution in [0, 0.1) is 0 Å². The molecule has 2 aromatic heterocycles. The van der Waals surface area contributed by atoms with Crippen molar-refractivity contribution in [2.75, 3.05) is 23.7 Å². The quantitative estimate of drug-likeness (QED) is 0.184. The van der Waals surface area contributed by atoms with E-state index in [1.807, 2.05) is 60.7 Å². The highest BCUT2D eigenvalue weighted by molar-refractivity contribution is 7.15. The molecule has 38 heavy (non-hydrogen) atoms. The number of nitrogens with one attached hydrogen (secondary N) is 2. The van der Waals surface area contributed by atoms with Gasteiger partial charge in [0.25, 0.3) is 0 Å². The third-order valence-corrected chi connectivity index (χ3v) is 7.73. The van der Waals surface area contributed by atoms with Gasteiger partial charge in [-0.15, -0.1) is 20.4 Å². The molecule has 0 spiro atoms. The standard InChI is InChI=1S/C26H30N8O2S2/c27-15-19(17-9-3-1-4-10-17)23(35)29-25-33-31-21(37-25)13-7-8-14-22-32-34-26(38-22)30-24(36)20(16-28)18-11-5-2-6-12-18/h1-6,9-12,19-20H,7-8,13-16,27-28H2,(H,29,33,35)(H,30,34,36). The number of aromatic nitrogens is 4. The van der Waals surface area contributed by atoms with Crippen molar-refractivity contribution in [1.29, 1.82) is 0 Å². The molecule has 0 aliphatic carbocycles. The summed E-state index contributed by atoms with van der Waals surface area (Å²) in [5.41, 5.74) is 13.4. The Hall–Kier alpha value is -3.58. The molecule has 0 radical (unpaired) electrons. The molecule has 2 heterocycles. The zero-order valence-corrected chi connectivity index (χ0v) is 22.4. The molecule has 2 aromatic carbocycles. The van der Waals surface area contributed by atoms with Gasteiger partial charge in [-0.3, -0.25) is 20.2 Å². The maximum Gasteiger partial charge on any atom is 0.235 e. The van der Waals surface area contributed by atoms with Gasteiger partial charge in [-0.1, -0.05) is 83.3 Å². The molecule has 2 unspecified atom stereocenters. The van der Waals surface area contributed by atoms with Gasteiger partial charge in [-0.25, -0.2) is 0 Å². The summed E-state index contributed by atoms with van der Waals surface area (Å²) in [6, 6.07) is 18.9. The van der Waals surface area contributed by atoms with Crippen molar-refractivity contribution in [3.05, 3.63) is 81.8 Å². The second-order valence-corrected chi connectivity index (χ2v) is 10.7. The zero-order valence-electron chi connectivity index (χ0n) is 20.7. The van der Waals surface area contributed by atoms with Crippen LogP contribution in [-0.2, 0) is 22.4 Å². The minimum Gasteiger partial charge on any atom is -0.329 e. The number of nitrogens with zero attached hydrogens (tertiary/aromatic N) is 4. The van der Waals surface area contributed by atoms with Crippen LogP contribution in [0.1, 0.15) is 45.8 Å². The molecule has 4 aromatic rings. The Kier molecular flexibility index (Phi) is 9.98. The second kappa shape index (κ2) is 13.8. The summed E-state index contributed by atoms with van der Waals surface area (Å²) in [4.78, 5) is 25.3. The van der Waals surface area contributed by atoms with Gasteiger partial charge < -0.3 is 11.5 Å². The average Bonchev–Trinajstić information content (AvgIpc) is 3.58. The van der Waals surface area contributed by atoms with Crippen LogP contribution in [0.25, 0.3) is 0 Å². The molecule has 198 valence electrons. The number of anilines is 2. The molecule has 0 fully saturated rings. The normalized spacial score (nSPS) is 12.6. The average molecular weight is 551 g/mol. The van der Waals surface area contributed by atoms with E-state index >= 15 is 0 Å². The number of carbonyl (C=O) groups is 2.